The third-order valence-electron chi connectivity index (χ3n) is 4.03. The van der Waals surface area contributed by atoms with Crippen molar-refractivity contribution in [1.82, 2.24) is 0 Å². The zero-order valence-corrected chi connectivity index (χ0v) is 18.0. The van der Waals surface area contributed by atoms with E-state index in [1.807, 2.05) is 24.5 Å². The Balaban J connectivity index is 1.93. The number of carboxylic acid groups (broad SMARTS) is 1. The average molecular weight is 436 g/mol. The van der Waals surface area contributed by atoms with Crippen LogP contribution in [0.1, 0.15) is 22.8 Å². The number of carboxylic acids is 1. The van der Waals surface area contributed by atoms with Crippen LogP contribution in [-0.4, -0.2) is 17.3 Å². The van der Waals surface area contributed by atoms with Gasteiger partial charge in [-0.15, -0.1) is 23.1 Å². The highest BCUT2D eigenvalue weighted by atomic mass is 35.5. The largest absolute Gasteiger partial charge is 0.478 e. The molecular formula is C20H18ClNO2S3. The van der Waals surface area contributed by atoms with Crippen molar-refractivity contribution in [2.45, 2.75) is 23.1 Å². The van der Waals surface area contributed by atoms with E-state index in [1.165, 1.54) is 23.3 Å². The van der Waals surface area contributed by atoms with Gasteiger partial charge >= 0.3 is 5.97 Å². The minimum Gasteiger partial charge on any atom is -0.478 e. The van der Waals surface area contributed by atoms with Crippen molar-refractivity contribution in [3.8, 4) is 10.4 Å². The summed E-state index contributed by atoms with van der Waals surface area (Å²) in [7, 11) is 0. The number of halogens is 1. The van der Waals surface area contributed by atoms with Crippen LogP contribution in [0.25, 0.3) is 10.4 Å². The number of carbonyl (C=O) groups is 1. The number of benzene rings is 2. The summed E-state index contributed by atoms with van der Waals surface area (Å²) in [5, 5.41) is 9.28. The molecule has 3 nitrogen and oxygen atoms in total. The predicted molar refractivity (Wildman–Crippen MR) is 119 cm³/mol. The number of rotatable bonds is 7. The fourth-order valence-corrected chi connectivity index (χ4v) is 5.03. The molecule has 0 aliphatic heterocycles. The summed E-state index contributed by atoms with van der Waals surface area (Å²) in [5.41, 5.74) is 3.46. The molecule has 1 aromatic heterocycles. The molecule has 0 aliphatic carbocycles. The van der Waals surface area contributed by atoms with Crippen LogP contribution in [0.4, 0.5) is 5.69 Å². The number of aryl methyl sites for hydroxylation is 1. The lowest BCUT2D eigenvalue weighted by Crippen LogP contribution is -1.99. The van der Waals surface area contributed by atoms with Gasteiger partial charge in [-0.05, 0) is 66.6 Å². The first-order valence-electron chi connectivity index (χ1n) is 8.24. The number of thioether (sulfide) groups is 1. The third kappa shape index (κ3) is 4.82. The van der Waals surface area contributed by atoms with Gasteiger partial charge in [0.1, 0.15) is 0 Å². The number of hydrogen-bond acceptors (Lipinski definition) is 5. The van der Waals surface area contributed by atoms with Gasteiger partial charge in [0.2, 0.25) is 0 Å². The van der Waals surface area contributed by atoms with E-state index in [4.69, 9.17) is 11.6 Å². The minimum atomic E-state index is -0.919. The second kappa shape index (κ2) is 9.06. The van der Waals surface area contributed by atoms with E-state index in [9.17, 15) is 9.90 Å². The van der Waals surface area contributed by atoms with Crippen LogP contribution in [0.5, 0.6) is 0 Å². The van der Waals surface area contributed by atoms with E-state index >= 15 is 0 Å². The fraction of sp³-hybridized carbons (Fsp3) is 0.150. The van der Waals surface area contributed by atoms with E-state index in [0.29, 0.717) is 5.56 Å². The first-order valence-corrected chi connectivity index (χ1v) is 11.5. The summed E-state index contributed by atoms with van der Waals surface area (Å²) in [6.45, 7) is 2.06. The van der Waals surface area contributed by atoms with Gasteiger partial charge in [-0.1, -0.05) is 30.7 Å². The molecule has 3 rings (SSSR count). The van der Waals surface area contributed by atoms with Gasteiger partial charge in [0, 0.05) is 20.2 Å². The second-order valence-corrected chi connectivity index (χ2v) is 9.14. The molecule has 0 unspecified atom stereocenters. The Morgan fingerprint density at radius 1 is 1.19 bits per heavy atom. The SMILES string of the molecule is CCc1ccc(C(=O)O)cc1SNc1cc(SC)ccc1-c1ccc(Cl)s1. The van der Waals surface area contributed by atoms with Gasteiger partial charge in [0.05, 0.1) is 15.6 Å². The summed E-state index contributed by atoms with van der Waals surface area (Å²) in [6, 6.07) is 15.4. The summed E-state index contributed by atoms with van der Waals surface area (Å²) in [6.07, 6.45) is 2.88. The number of anilines is 1. The Kier molecular flexibility index (Phi) is 6.76. The number of hydrogen-bond donors (Lipinski definition) is 2. The van der Waals surface area contributed by atoms with E-state index in [-0.39, 0.29) is 0 Å². The normalized spacial score (nSPS) is 10.8. The van der Waals surface area contributed by atoms with E-state index in [0.717, 1.165) is 42.2 Å². The van der Waals surface area contributed by atoms with Crippen molar-refractivity contribution in [3.63, 3.8) is 0 Å². The molecular weight excluding hydrogens is 418 g/mol. The summed E-state index contributed by atoms with van der Waals surface area (Å²) >= 11 is 10.8. The zero-order valence-electron chi connectivity index (χ0n) is 14.8. The maximum Gasteiger partial charge on any atom is 0.335 e. The Hall–Kier alpha value is -1.60. The molecule has 0 spiro atoms. The first-order chi connectivity index (χ1) is 13.0. The lowest BCUT2D eigenvalue weighted by Gasteiger charge is -2.14. The molecule has 0 aliphatic rings. The molecule has 27 heavy (non-hydrogen) atoms. The Morgan fingerprint density at radius 3 is 2.63 bits per heavy atom. The van der Waals surface area contributed by atoms with E-state index < -0.39 is 5.97 Å². The highest BCUT2D eigenvalue weighted by Gasteiger charge is 2.12. The molecule has 1 heterocycles. The van der Waals surface area contributed by atoms with E-state index in [1.54, 1.807) is 23.9 Å². The lowest BCUT2D eigenvalue weighted by molar-refractivity contribution is 0.0696. The summed E-state index contributed by atoms with van der Waals surface area (Å²) in [4.78, 5) is 14.5. The van der Waals surface area contributed by atoms with Gasteiger partial charge in [-0.2, -0.15) is 0 Å². The van der Waals surface area contributed by atoms with Crippen molar-refractivity contribution >= 4 is 58.3 Å². The molecule has 0 saturated carbocycles. The second-order valence-electron chi connectivity index (χ2n) is 5.70. The monoisotopic (exact) mass is 435 g/mol. The van der Waals surface area contributed by atoms with Crippen LogP contribution < -0.4 is 4.72 Å². The van der Waals surface area contributed by atoms with Crippen molar-refractivity contribution in [2.75, 3.05) is 11.0 Å². The molecule has 0 bridgehead atoms. The smallest absolute Gasteiger partial charge is 0.335 e. The molecule has 140 valence electrons. The molecule has 3 aromatic rings. The lowest BCUT2D eigenvalue weighted by atomic mass is 10.1. The van der Waals surface area contributed by atoms with Gasteiger partial charge in [0.15, 0.2) is 0 Å². The number of aromatic carboxylic acids is 1. The van der Waals surface area contributed by atoms with E-state index in [2.05, 4.69) is 29.8 Å². The molecule has 0 radical (unpaired) electrons. The number of thiophene rings is 1. The average Bonchev–Trinajstić information content (AvgIpc) is 3.11. The summed E-state index contributed by atoms with van der Waals surface area (Å²) < 4.78 is 4.18. The Bertz CT molecular complexity index is 972. The van der Waals surface area contributed by atoms with Gasteiger partial charge in [-0.25, -0.2) is 4.79 Å². The Morgan fingerprint density at radius 2 is 2.00 bits per heavy atom. The van der Waals surface area contributed by atoms with Gasteiger partial charge in [0.25, 0.3) is 0 Å². The van der Waals surface area contributed by atoms with Crippen LogP contribution >= 0.6 is 46.6 Å². The van der Waals surface area contributed by atoms with Gasteiger partial charge in [-0.3, -0.25) is 0 Å². The maximum atomic E-state index is 11.3. The summed E-state index contributed by atoms with van der Waals surface area (Å²) in [5.74, 6) is -0.919. The van der Waals surface area contributed by atoms with Crippen LogP contribution in [0.3, 0.4) is 0 Å². The zero-order chi connectivity index (χ0) is 19.4. The minimum absolute atomic E-state index is 0.291. The predicted octanol–water partition coefficient (Wildman–Crippen LogP) is 7.17. The van der Waals surface area contributed by atoms with Gasteiger partial charge < -0.3 is 9.83 Å². The molecule has 7 heteroatoms. The standard InChI is InChI=1S/C20H18ClNO2S3/c1-3-12-4-5-13(20(23)24)10-18(12)27-22-16-11-14(25-2)6-7-15(16)17-8-9-19(21)26-17/h4-11,22H,3H2,1-2H3,(H,23,24). The quantitative estimate of drug-likeness (QED) is 0.304. The molecule has 0 saturated heterocycles. The Labute approximate surface area is 176 Å². The highest BCUT2D eigenvalue weighted by molar-refractivity contribution is 8.00. The van der Waals surface area contributed by atoms with Crippen molar-refractivity contribution in [1.29, 1.82) is 0 Å². The third-order valence-corrected chi connectivity index (χ3v) is 6.94. The van der Waals surface area contributed by atoms with Crippen LogP contribution in [0, 0.1) is 0 Å². The van der Waals surface area contributed by atoms with Crippen molar-refractivity contribution < 1.29 is 9.90 Å². The fourth-order valence-electron chi connectivity index (χ4n) is 2.59. The topological polar surface area (TPSA) is 49.3 Å². The van der Waals surface area contributed by atoms with Crippen LogP contribution in [-0.2, 0) is 6.42 Å². The molecule has 2 aromatic carbocycles. The maximum absolute atomic E-state index is 11.3. The highest BCUT2D eigenvalue weighted by Crippen LogP contribution is 2.39. The van der Waals surface area contributed by atoms with Crippen molar-refractivity contribution in [2.24, 2.45) is 0 Å². The van der Waals surface area contributed by atoms with Crippen molar-refractivity contribution in [3.05, 3.63) is 64.0 Å². The number of nitrogens with one attached hydrogen (secondary N) is 1. The van der Waals surface area contributed by atoms with Crippen LogP contribution in [0.15, 0.2) is 58.3 Å². The van der Waals surface area contributed by atoms with Crippen LogP contribution in [0.2, 0.25) is 4.34 Å². The molecule has 2 N–H and O–H groups in total. The molecule has 0 amide bonds. The molecule has 0 fully saturated rings. The first kappa shape index (κ1) is 20.1. The molecule has 0 atom stereocenters.